The molecule has 1 atom stereocenters. The summed E-state index contributed by atoms with van der Waals surface area (Å²) in [6.07, 6.45) is -0.914. The third-order valence-corrected chi connectivity index (χ3v) is 2.57. The van der Waals surface area contributed by atoms with Gasteiger partial charge in [-0.3, -0.25) is 4.79 Å². The molecule has 0 saturated carbocycles. The van der Waals surface area contributed by atoms with Gasteiger partial charge in [0.2, 0.25) is 0 Å². The lowest BCUT2D eigenvalue weighted by Crippen LogP contribution is -2.44. The molecular formula is C14H17NO4. The minimum Gasteiger partial charge on any atom is -0.373 e. The first-order valence-corrected chi connectivity index (χ1v) is 6.00. The highest BCUT2D eigenvalue weighted by atomic mass is 16.6. The van der Waals surface area contributed by atoms with Gasteiger partial charge in [0.25, 0.3) is 0 Å². The lowest BCUT2D eigenvalue weighted by Gasteiger charge is -2.18. The van der Waals surface area contributed by atoms with Crippen LogP contribution in [0.3, 0.4) is 0 Å². The molecule has 0 aliphatic carbocycles. The number of esters is 1. The Bertz CT molecular complexity index is 468. The van der Waals surface area contributed by atoms with Crippen molar-refractivity contribution in [1.29, 1.82) is 0 Å². The monoisotopic (exact) mass is 263 g/mol. The zero-order valence-electron chi connectivity index (χ0n) is 11.2. The Kier molecular flexibility index (Phi) is 5.23. The van der Waals surface area contributed by atoms with Gasteiger partial charge in [0.1, 0.15) is 0 Å². The van der Waals surface area contributed by atoms with Crippen molar-refractivity contribution in [1.82, 2.24) is 5.32 Å². The third-order valence-electron chi connectivity index (χ3n) is 2.57. The molecular weight excluding hydrogens is 246 g/mol. The molecule has 1 unspecified atom stereocenters. The molecule has 0 bridgehead atoms. The van der Waals surface area contributed by atoms with Gasteiger partial charge in [-0.1, -0.05) is 32.0 Å². The minimum atomic E-state index is -0.914. The molecule has 0 aliphatic heterocycles. The van der Waals surface area contributed by atoms with Crippen molar-refractivity contribution in [2.75, 3.05) is 0 Å². The van der Waals surface area contributed by atoms with Crippen molar-refractivity contribution >= 4 is 17.8 Å². The normalized spacial score (nSPS) is 11.8. The van der Waals surface area contributed by atoms with Gasteiger partial charge in [0.15, 0.2) is 5.78 Å². The van der Waals surface area contributed by atoms with Crippen LogP contribution in [0.5, 0.6) is 0 Å². The summed E-state index contributed by atoms with van der Waals surface area (Å²) in [5, 5.41) is 2.39. The molecule has 0 radical (unpaired) electrons. The zero-order valence-corrected chi connectivity index (χ0v) is 11.2. The SMILES string of the molecule is CC(=O)C(NC(=O)OC(=O)c1ccccc1)C(C)C. The van der Waals surface area contributed by atoms with Crippen molar-refractivity contribution in [3.8, 4) is 0 Å². The second kappa shape index (κ2) is 6.68. The number of carbonyl (C=O) groups excluding carboxylic acids is 3. The van der Waals surface area contributed by atoms with E-state index in [1.807, 2.05) is 0 Å². The van der Waals surface area contributed by atoms with Gasteiger partial charge in [-0.15, -0.1) is 0 Å². The Labute approximate surface area is 111 Å². The number of alkyl carbamates (subject to hydrolysis) is 1. The first kappa shape index (κ1) is 14.9. The molecule has 0 heterocycles. The van der Waals surface area contributed by atoms with Gasteiger partial charge in [-0.25, -0.2) is 9.59 Å². The van der Waals surface area contributed by atoms with Gasteiger partial charge in [-0.05, 0) is 25.0 Å². The average molecular weight is 263 g/mol. The summed E-state index contributed by atoms with van der Waals surface area (Å²) in [6, 6.07) is 7.51. The maximum atomic E-state index is 11.6. The molecule has 0 saturated heterocycles. The van der Waals surface area contributed by atoms with Gasteiger partial charge in [0.05, 0.1) is 11.6 Å². The van der Waals surface area contributed by atoms with Crippen LogP contribution in [0.1, 0.15) is 31.1 Å². The van der Waals surface area contributed by atoms with Crippen LogP contribution in [0, 0.1) is 5.92 Å². The van der Waals surface area contributed by atoms with Crippen LogP contribution >= 0.6 is 0 Å². The van der Waals surface area contributed by atoms with E-state index < -0.39 is 18.1 Å². The second-order valence-electron chi connectivity index (χ2n) is 4.52. The summed E-state index contributed by atoms with van der Waals surface area (Å²) >= 11 is 0. The van der Waals surface area contributed by atoms with Gasteiger partial charge >= 0.3 is 12.1 Å². The lowest BCUT2D eigenvalue weighted by molar-refractivity contribution is -0.119. The number of benzene rings is 1. The van der Waals surface area contributed by atoms with Gasteiger partial charge in [-0.2, -0.15) is 0 Å². The number of hydrogen-bond donors (Lipinski definition) is 1. The molecule has 5 heteroatoms. The smallest absolute Gasteiger partial charge is 0.373 e. The van der Waals surface area contributed by atoms with Crippen LogP contribution in [0.15, 0.2) is 30.3 Å². The number of ketones is 1. The molecule has 0 fully saturated rings. The fourth-order valence-electron chi connectivity index (χ4n) is 1.61. The molecule has 0 aromatic heterocycles. The molecule has 19 heavy (non-hydrogen) atoms. The zero-order chi connectivity index (χ0) is 14.4. The second-order valence-corrected chi connectivity index (χ2v) is 4.52. The van der Waals surface area contributed by atoms with E-state index in [-0.39, 0.29) is 17.3 Å². The van der Waals surface area contributed by atoms with Crippen molar-refractivity contribution in [3.63, 3.8) is 0 Å². The Hall–Kier alpha value is -2.17. The molecule has 0 aliphatic rings. The highest BCUT2D eigenvalue weighted by Crippen LogP contribution is 2.05. The molecule has 1 aromatic carbocycles. The third kappa shape index (κ3) is 4.54. The maximum absolute atomic E-state index is 11.6. The molecule has 102 valence electrons. The Balaban J connectivity index is 2.61. The summed E-state index contributed by atoms with van der Waals surface area (Å²) in [6.45, 7) is 4.97. The van der Waals surface area contributed by atoms with Crippen molar-refractivity contribution in [2.24, 2.45) is 5.92 Å². The number of hydrogen-bond acceptors (Lipinski definition) is 4. The number of carbonyl (C=O) groups is 3. The predicted molar refractivity (Wildman–Crippen MR) is 69.7 cm³/mol. The van der Waals surface area contributed by atoms with E-state index in [1.54, 1.807) is 44.2 Å². The quantitative estimate of drug-likeness (QED) is 0.667. The first-order valence-electron chi connectivity index (χ1n) is 6.00. The Morgan fingerprint density at radius 1 is 1.11 bits per heavy atom. The average Bonchev–Trinajstić information content (AvgIpc) is 2.36. The molecule has 1 rings (SSSR count). The highest BCUT2D eigenvalue weighted by Gasteiger charge is 2.22. The van der Waals surface area contributed by atoms with Crippen molar-refractivity contribution < 1.29 is 19.1 Å². The van der Waals surface area contributed by atoms with Crippen LogP contribution in [0.4, 0.5) is 4.79 Å². The summed E-state index contributed by atoms with van der Waals surface area (Å²) in [4.78, 5) is 34.5. The van der Waals surface area contributed by atoms with Gasteiger partial charge < -0.3 is 10.1 Å². The maximum Gasteiger partial charge on any atom is 0.415 e. The number of nitrogens with one attached hydrogen (secondary N) is 1. The molecule has 5 nitrogen and oxygen atoms in total. The molecule has 1 aromatic rings. The van der Waals surface area contributed by atoms with E-state index in [9.17, 15) is 14.4 Å². The molecule has 0 spiro atoms. The van der Waals surface area contributed by atoms with Crippen LogP contribution in [-0.2, 0) is 9.53 Å². The summed E-state index contributed by atoms with van der Waals surface area (Å²) < 4.78 is 4.63. The van der Waals surface area contributed by atoms with Crippen LogP contribution in [0.2, 0.25) is 0 Å². The molecule has 1 N–H and O–H groups in total. The lowest BCUT2D eigenvalue weighted by atomic mass is 10.0. The Morgan fingerprint density at radius 3 is 2.16 bits per heavy atom. The molecule has 1 amide bonds. The Morgan fingerprint density at radius 2 is 1.68 bits per heavy atom. The van der Waals surface area contributed by atoms with Crippen LogP contribution < -0.4 is 5.32 Å². The van der Waals surface area contributed by atoms with Crippen LogP contribution in [0.25, 0.3) is 0 Å². The van der Waals surface area contributed by atoms with E-state index in [4.69, 9.17) is 0 Å². The summed E-state index contributed by atoms with van der Waals surface area (Å²) in [7, 11) is 0. The van der Waals surface area contributed by atoms with Crippen LogP contribution in [-0.4, -0.2) is 23.9 Å². The largest absolute Gasteiger partial charge is 0.415 e. The summed E-state index contributed by atoms with van der Waals surface area (Å²) in [5.41, 5.74) is 0.279. The predicted octanol–water partition coefficient (Wildman–Crippen LogP) is 2.17. The fourth-order valence-corrected chi connectivity index (χ4v) is 1.61. The van der Waals surface area contributed by atoms with E-state index in [0.717, 1.165) is 0 Å². The van der Waals surface area contributed by atoms with Crippen molar-refractivity contribution in [2.45, 2.75) is 26.8 Å². The van der Waals surface area contributed by atoms with E-state index in [0.29, 0.717) is 0 Å². The first-order chi connectivity index (χ1) is 8.91. The topological polar surface area (TPSA) is 72.5 Å². The fraction of sp³-hybridized carbons (Fsp3) is 0.357. The van der Waals surface area contributed by atoms with E-state index in [2.05, 4.69) is 10.1 Å². The van der Waals surface area contributed by atoms with Crippen molar-refractivity contribution in [3.05, 3.63) is 35.9 Å². The standard InChI is InChI=1S/C14H17NO4/c1-9(2)12(10(3)16)15-14(18)19-13(17)11-7-5-4-6-8-11/h4-9,12H,1-3H3,(H,15,18). The number of Topliss-reactive ketones (excluding diaryl/α,β-unsaturated/α-hetero) is 1. The van der Waals surface area contributed by atoms with Gasteiger partial charge in [0, 0.05) is 0 Å². The van der Waals surface area contributed by atoms with E-state index >= 15 is 0 Å². The summed E-state index contributed by atoms with van der Waals surface area (Å²) in [5.74, 6) is -1.000. The highest BCUT2D eigenvalue weighted by molar-refractivity contribution is 5.97. The van der Waals surface area contributed by atoms with E-state index in [1.165, 1.54) is 6.92 Å². The number of amides is 1. The minimum absolute atomic E-state index is 0.0723. The number of rotatable bonds is 4. The number of ether oxygens (including phenoxy) is 1.